The van der Waals surface area contributed by atoms with Crippen molar-refractivity contribution in [1.82, 2.24) is 9.97 Å². The summed E-state index contributed by atoms with van der Waals surface area (Å²) < 4.78 is 0. The SMILES string of the molecule is CC(C)Nc1ccnc(NC(C)C)n1.NC(=O)O. The van der Waals surface area contributed by atoms with Gasteiger partial charge < -0.3 is 21.5 Å². The fourth-order valence-electron chi connectivity index (χ4n) is 1.06. The van der Waals surface area contributed by atoms with Crippen LogP contribution in [0, 0.1) is 0 Å². The Morgan fingerprint density at radius 1 is 1.28 bits per heavy atom. The minimum absolute atomic E-state index is 0.351. The van der Waals surface area contributed by atoms with Crippen LogP contribution in [0.15, 0.2) is 12.3 Å². The molecule has 0 aromatic carbocycles. The number of primary amides is 1. The van der Waals surface area contributed by atoms with Gasteiger partial charge in [0, 0.05) is 18.3 Å². The summed E-state index contributed by atoms with van der Waals surface area (Å²) in [6.07, 6.45) is 0.419. The van der Waals surface area contributed by atoms with E-state index in [4.69, 9.17) is 9.90 Å². The third-order valence-corrected chi connectivity index (χ3v) is 1.51. The molecule has 102 valence electrons. The quantitative estimate of drug-likeness (QED) is 0.651. The van der Waals surface area contributed by atoms with Crippen LogP contribution in [-0.4, -0.2) is 33.3 Å². The summed E-state index contributed by atoms with van der Waals surface area (Å²) in [5.74, 6) is 1.53. The summed E-state index contributed by atoms with van der Waals surface area (Å²) in [6, 6.07) is 2.60. The number of anilines is 2. The molecular formula is C11H21N5O2. The highest BCUT2D eigenvalue weighted by Gasteiger charge is 2.01. The highest BCUT2D eigenvalue weighted by Crippen LogP contribution is 2.07. The predicted octanol–water partition coefficient (Wildman–Crippen LogP) is 1.74. The lowest BCUT2D eigenvalue weighted by Crippen LogP contribution is -2.15. The highest BCUT2D eigenvalue weighted by molar-refractivity contribution is 5.61. The Morgan fingerprint density at radius 2 is 1.78 bits per heavy atom. The zero-order chi connectivity index (χ0) is 14.1. The third-order valence-electron chi connectivity index (χ3n) is 1.51. The van der Waals surface area contributed by atoms with Gasteiger partial charge >= 0.3 is 6.09 Å². The van der Waals surface area contributed by atoms with Gasteiger partial charge in [0.25, 0.3) is 0 Å². The maximum absolute atomic E-state index is 8.78. The van der Waals surface area contributed by atoms with Crippen molar-refractivity contribution in [3.8, 4) is 0 Å². The molecule has 1 aromatic rings. The standard InChI is InChI=1S/C10H18N4.CH3NO2/c1-7(2)12-9-5-6-11-10(14-9)13-8(3)4;2-1(3)4/h5-8H,1-4H3,(H2,11,12,13,14);2H2,(H,3,4). The molecular weight excluding hydrogens is 234 g/mol. The van der Waals surface area contributed by atoms with Crippen molar-refractivity contribution in [2.45, 2.75) is 39.8 Å². The second kappa shape index (κ2) is 8.10. The van der Waals surface area contributed by atoms with E-state index in [1.807, 2.05) is 6.07 Å². The molecule has 1 rings (SSSR count). The first-order valence-corrected chi connectivity index (χ1v) is 5.65. The van der Waals surface area contributed by atoms with Crippen molar-refractivity contribution in [3.63, 3.8) is 0 Å². The lowest BCUT2D eigenvalue weighted by Gasteiger charge is -2.11. The van der Waals surface area contributed by atoms with Crippen molar-refractivity contribution < 1.29 is 9.90 Å². The lowest BCUT2D eigenvalue weighted by atomic mass is 10.4. The molecule has 0 atom stereocenters. The van der Waals surface area contributed by atoms with Crippen molar-refractivity contribution >= 4 is 17.9 Å². The number of amides is 1. The molecule has 0 aliphatic heterocycles. The fourth-order valence-corrected chi connectivity index (χ4v) is 1.06. The van der Waals surface area contributed by atoms with Gasteiger partial charge in [0.2, 0.25) is 5.95 Å². The van der Waals surface area contributed by atoms with Crippen LogP contribution in [0.4, 0.5) is 16.6 Å². The largest absolute Gasteiger partial charge is 0.465 e. The predicted molar refractivity (Wildman–Crippen MR) is 71.8 cm³/mol. The molecule has 18 heavy (non-hydrogen) atoms. The van der Waals surface area contributed by atoms with E-state index < -0.39 is 6.09 Å². The van der Waals surface area contributed by atoms with Crippen molar-refractivity contribution in [1.29, 1.82) is 0 Å². The van der Waals surface area contributed by atoms with Gasteiger partial charge in [-0.2, -0.15) is 4.98 Å². The molecule has 0 unspecified atom stereocenters. The van der Waals surface area contributed by atoms with Crippen LogP contribution in [0.1, 0.15) is 27.7 Å². The van der Waals surface area contributed by atoms with E-state index in [-0.39, 0.29) is 0 Å². The van der Waals surface area contributed by atoms with Gasteiger partial charge in [-0.3, -0.25) is 0 Å². The molecule has 0 aliphatic rings. The fraction of sp³-hybridized carbons (Fsp3) is 0.545. The number of carboxylic acid groups (broad SMARTS) is 1. The topological polar surface area (TPSA) is 113 Å². The van der Waals surface area contributed by atoms with Crippen LogP contribution in [0.25, 0.3) is 0 Å². The van der Waals surface area contributed by atoms with E-state index in [9.17, 15) is 0 Å². The summed E-state index contributed by atoms with van der Waals surface area (Å²) >= 11 is 0. The molecule has 1 amide bonds. The van der Waals surface area contributed by atoms with Gasteiger partial charge in [-0.05, 0) is 33.8 Å². The van der Waals surface area contributed by atoms with Crippen molar-refractivity contribution in [2.75, 3.05) is 10.6 Å². The minimum atomic E-state index is -1.33. The molecule has 0 spiro atoms. The Kier molecular flexibility index (Phi) is 7.18. The van der Waals surface area contributed by atoms with Crippen molar-refractivity contribution in [3.05, 3.63) is 12.3 Å². The van der Waals surface area contributed by atoms with Crippen LogP contribution < -0.4 is 16.4 Å². The highest BCUT2D eigenvalue weighted by atomic mass is 16.4. The zero-order valence-corrected chi connectivity index (χ0v) is 11.1. The molecule has 1 aromatic heterocycles. The molecule has 5 N–H and O–H groups in total. The summed E-state index contributed by atoms with van der Waals surface area (Å²) in [4.78, 5) is 17.2. The van der Waals surface area contributed by atoms with E-state index >= 15 is 0 Å². The Bertz CT molecular complexity index is 339. The molecule has 7 heteroatoms. The van der Waals surface area contributed by atoms with Crippen LogP contribution in [0.2, 0.25) is 0 Å². The number of carbonyl (C=O) groups is 1. The first-order valence-electron chi connectivity index (χ1n) is 5.65. The van der Waals surface area contributed by atoms with Gasteiger partial charge in [0.05, 0.1) is 0 Å². The Morgan fingerprint density at radius 3 is 2.22 bits per heavy atom. The second-order valence-electron chi connectivity index (χ2n) is 4.20. The molecule has 0 radical (unpaired) electrons. The van der Waals surface area contributed by atoms with Crippen LogP contribution in [-0.2, 0) is 0 Å². The Labute approximate surface area is 107 Å². The van der Waals surface area contributed by atoms with E-state index in [0.717, 1.165) is 5.82 Å². The summed E-state index contributed by atoms with van der Waals surface area (Å²) in [7, 11) is 0. The zero-order valence-electron chi connectivity index (χ0n) is 11.1. The average molecular weight is 255 g/mol. The third kappa shape index (κ3) is 9.20. The van der Waals surface area contributed by atoms with Gasteiger partial charge in [-0.15, -0.1) is 0 Å². The monoisotopic (exact) mass is 255 g/mol. The van der Waals surface area contributed by atoms with Gasteiger partial charge in [-0.25, -0.2) is 9.78 Å². The molecule has 1 heterocycles. The number of nitrogens with one attached hydrogen (secondary N) is 2. The summed E-state index contributed by atoms with van der Waals surface area (Å²) in [5.41, 5.74) is 4.03. The smallest absolute Gasteiger partial charge is 0.402 e. The molecule has 0 aliphatic carbocycles. The second-order valence-corrected chi connectivity index (χ2v) is 4.20. The average Bonchev–Trinajstić information content (AvgIpc) is 2.14. The van der Waals surface area contributed by atoms with Gasteiger partial charge in [0.1, 0.15) is 5.82 Å². The van der Waals surface area contributed by atoms with Crippen LogP contribution in [0.3, 0.4) is 0 Å². The van der Waals surface area contributed by atoms with Gasteiger partial charge in [-0.1, -0.05) is 0 Å². The molecule has 0 fully saturated rings. The van der Waals surface area contributed by atoms with Crippen LogP contribution >= 0.6 is 0 Å². The molecule has 0 saturated carbocycles. The number of hydrogen-bond acceptors (Lipinski definition) is 5. The lowest BCUT2D eigenvalue weighted by molar-refractivity contribution is 0.205. The first-order chi connectivity index (χ1) is 8.31. The maximum atomic E-state index is 8.78. The summed E-state index contributed by atoms with van der Waals surface area (Å²) in [5, 5.41) is 13.6. The maximum Gasteiger partial charge on any atom is 0.402 e. The molecule has 7 nitrogen and oxygen atoms in total. The van der Waals surface area contributed by atoms with E-state index in [1.165, 1.54) is 0 Å². The van der Waals surface area contributed by atoms with Crippen LogP contribution in [0.5, 0.6) is 0 Å². The van der Waals surface area contributed by atoms with Crippen molar-refractivity contribution in [2.24, 2.45) is 5.73 Å². The Balaban J connectivity index is 0.000000631. The minimum Gasteiger partial charge on any atom is -0.465 e. The number of nitrogens with zero attached hydrogens (tertiary/aromatic N) is 2. The normalized spacial score (nSPS) is 9.67. The van der Waals surface area contributed by atoms with E-state index in [2.05, 4.69) is 54.0 Å². The first kappa shape index (κ1) is 16.0. The van der Waals surface area contributed by atoms with E-state index in [1.54, 1.807) is 6.20 Å². The number of nitrogens with two attached hydrogens (primary N) is 1. The van der Waals surface area contributed by atoms with Gasteiger partial charge in [0.15, 0.2) is 0 Å². The summed E-state index contributed by atoms with van der Waals surface area (Å²) in [6.45, 7) is 8.28. The number of aromatic nitrogens is 2. The molecule has 0 saturated heterocycles. The molecule has 0 bridgehead atoms. The Hall–Kier alpha value is -2.05. The van der Waals surface area contributed by atoms with E-state index in [0.29, 0.717) is 18.0 Å². The number of hydrogen-bond donors (Lipinski definition) is 4. The number of rotatable bonds is 4.